The van der Waals surface area contributed by atoms with Crippen molar-refractivity contribution in [3.05, 3.63) is 81.8 Å². The summed E-state index contributed by atoms with van der Waals surface area (Å²) in [5, 5.41) is 6.42. The third kappa shape index (κ3) is 6.50. The van der Waals surface area contributed by atoms with Gasteiger partial charge in [0.2, 0.25) is 0 Å². The van der Waals surface area contributed by atoms with Gasteiger partial charge in [0.05, 0.1) is 10.7 Å². The Hall–Kier alpha value is -3.02. The van der Waals surface area contributed by atoms with E-state index >= 15 is 0 Å². The Morgan fingerprint density at radius 1 is 0.879 bits per heavy atom. The molecule has 0 heterocycles. The number of rotatable bonds is 6. The number of urea groups is 1. The normalized spacial score (nSPS) is 10.8. The van der Waals surface area contributed by atoms with E-state index in [2.05, 4.69) is 24.5 Å². The summed E-state index contributed by atoms with van der Waals surface area (Å²) >= 11 is 12.0. The van der Waals surface area contributed by atoms with Crippen LogP contribution in [0, 0.1) is 12.8 Å². The van der Waals surface area contributed by atoms with E-state index in [9.17, 15) is 9.59 Å². The van der Waals surface area contributed by atoms with E-state index in [1.165, 1.54) is 0 Å². The van der Waals surface area contributed by atoms with E-state index in [-0.39, 0.29) is 5.91 Å². The molecule has 0 bridgehead atoms. The lowest BCUT2D eigenvalue weighted by Gasteiger charge is -2.19. The first-order valence-corrected chi connectivity index (χ1v) is 11.4. The molecule has 5 nitrogen and oxygen atoms in total. The maximum atomic E-state index is 12.6. The summed E-state index contributed by atoms with van der Waals surface area (Å²) in [5.74, 6) is 0.427. The molecule has 0 aliphatic rings. The second-order valence-corrected chi connectivity index (χ2v) is 9.23. The molecule has 3 aromatic carbocycles. The molecule has 0 fully saturated rings. The van der Waals surface area contributed by atoms with Crippen LogP contribution in [0.5, 0.6) is 0 Å². The Morgan fingerprint density at radius 2 is 1.48 bits per heavy atom. The average molecular weight is 484 g/mol. The van der Waals surface area contributed by atoms with Gasteiger partial charge in [-0.25, -0.2) is 4.79 Å². The molecule has 0 saturated heterocycles. The Bertz CT molecular complexity index is 1160. The van der Waals surface area contributed by atoms with Gasteiger partial charge in [0.25, 0.3) is 5.91 Å². The number of carbonyl (C=O) groups is 2. The van der Waals surface area contributed by atoms with Crippen molar-refractivity contribution in [3.63, 3.8) is 0 Å². The van der Waals surface area contributed by atoms with Crippen LogP contribution >= 0.6 is 23.2 Å². The molecule has 0 unspecified atom stereocenters. The smallest absolute Gasteiger partial charge is 0.323 e. The van der Waals surface area contributed by atoms with Crippen LogP contribution in [0.2, 0.25) is 10.0 Å². The van der Waals surface area contributed by atoms with E-state index in [4.69, 9.17) is 23.2 Å². The highest BCUT2D eigenvalue weighted by Gasteiger charge is 2.13. The number of benzene rings is 3. The minimum Gasteiger partial charge on any atom is -0.341 e. The maximum Gasteiger partial charge on any atom is 0.323 e. The molecule has 0 radical (unpaired) electrons. The number of anilines is 2. The van der Waals surface area contributed by atoms with Gasteiger partial charge in [0.15, 0.2) is 0 Å². The molecule has 0 aliphatic heterocycles. The summed E-state index contributed by atoms with van der Waals surface area (Å²) in [5.41, 5.74) is 4.71. The summed E-state index contributed by atoms with van der Waals surface area (Å²) in [6.45, 7) is 6.81. The van der Waals surface area contributed by atoms with E-state index < -0.39 is 6.03 Å². The summed E-state index contributed by atoms with van der Waals surface area (Å²) in [7, 11) is 1.82. The fourth-order valence-corrected chi connectivity index (χ4v) is 3.96. The second-order valence-electron chi connectivity index (χ2n) is 8.39. The van der Waals surface area contributed by atoms with E-state index in [1.54, 1.807) is 23.1 Å². The predicted molar refractivity (Wildman–Crippen MR) is 138 cm³/mol. The number of hydrogen-bond acceptors (Lipinski definition) is 2. The summed E-state index contributed by atoms with van der Waals surface area (Å²) in [6.07, 6.45) is 0. The molecule has 0 spiro atoms. The van der Waals surface area contributed by atoms with Crippen LogP contribution in [-0.4, -0.2) is 30.4 Å². The van der Waals surface area contributed by atoms with Crippen LogP contribution in [-0.2, 0) is 0 Å². The van der Waals surface area contributed by atoms with Crippen molar-refractivity contribution in [2.24, 2.45) is 5.92 Å². The highest BCUT2D eigenvalue weighted by Crippen LogP contribution is 2.27. The van der Waals surface area contributed by atoms with Gasteiger partial charge in [-0.15, -0.1) is 0 Å². The first-order chi connectivity index (χ1) is 15.6. The van der Waals surface area contributed by atoms with Gasteiger partial charge in [-0.05, 0) is 72.0 Å². The number of aryl methyl sites for hydroxylation is 1. The first-order valence-electron chi connectivity index (χ1n) is 10.6. The van der Waals surface area contributed by atoms with Crippen molar-refractivity contribution in [1.82, 2.24) is 4.90 Å². The molecule has 3 aromatic rings. The molecule has 33 heavy (non-hydrogen) atoms. The predicted octanol–water partition coefficient (Wildman–Crippen LogP) is 7.34. The first kappa shape index (κ1) is 24.6. The molecule has 2 N–H and O–H groups in total. The maximum absolute atomic E-state index is 12.6. The molecule has 0 atom stereocenters. The fourth-order valence-electron chi connectivity index (χ4n) is 3.51. The number of amides is 3. The van der Waals surface area contributed by atoms with Gasteiger partial charge >= 0.3 is 6.03 Å². The molecule has 0 aliphatic carbocycles. The Labute approximate surface area is 204 Å². The van der Waals surface area contributed by atoms with Gasteiger partial charge in [0.1, 0.15) is 0 Å². The van der Waals surface area contributed by atoms with Crippen molar-refractivity contribution < 1.29 is 9.59 Å². The standard InChI is InChI=1S/C26H27Cl2N3O2/c1-16(2)15-31(4)25(32)19-7-5-18(6-8-19)20-9-11-23(17(3)13-20)29-26(33)30-24-12-10-21(27)14-22(24)28/h5-14,16H,15H2,1-4H3,(H2,29,30,33). The number of halogens is 2. The third-order valence-corrected chi connectivity index (χ3v) is 5.65. The Morgan fingerprint density at radius 3 is 2.09 bits per heavy atom. The zero-order valence-corrected chi connectivity index (χ0v) is 20.6. The van der Waals surface area contributed by atoms with Crippen molar-refractivity contribution in [2.75, 3.05) is 24.2 Å². The molecule has 3 amide bonds. The summed E-state index contributed by atoms with van der Waals surface area (Å²) in [6, 6.07) is 17.8. The lowest BCUT2D eigenvalue weighted by molar-refractivity contribution is 0.0779. The van der Waals surface area contributed by atoms with Gasteiger partial charge in [-0.1, -0.05) is 55.2 Å². The number of nitrogens with zero attached hydrogens (tertiary/aromatic N) is 1. The van der Waals surface area contributed by atoms with Crippen LogP contribution < -0.4 is 10.6 Å². The molecular weight excluding hydrogens is 457 g/mol. The van der Waals surface area contributed by atoms with Crippen molar-refractivity contribution >= 4 is 46.5 Å². The van der Waals surface area contributed by atoms with Crippen molar-refractivity contribution in [1.29, 1.82) is 0 Å². The van der Waals surface area contributed by atoms with Crippen molar-refractivity contribution in [3.8, 4) is 11.1 Å². The largest absolute Gasteiger partial charge is 0.341 e. The van der Waals surface area contributed by atoms with Gasteiger partial charge in [-0.3, -0.25) is 4.79 Å². The molecule has 7 heteroatoms. The minimum absolute atomic E-state index is 0.0118. The van der Waals surface area contributed by atoms with Gasteiger partial charge in [0, 0.05) is 29.9 Å². The van der Waals surface area contributed by atoms with E-state index in [0.29, 0.717) is 39.4 Å². The third-order valence-electron chi connectivity index (χ3n) is 5.10. The molecular formula is C26H27Cl2N3O2. The summed E-state index contributed by atoms with van der Waals surface area (Å²) in [4.78, 5) is 26.7. The van der Waals surface area contributed by atoms with Crippen LogP contribution in [0.4, 0.5) is 16.2 Å². The van der Waals surface area contributed by atoms with Crippen LogP contribution in [0.15, 0.2) is 60.7 Å². The fraction of sp³-hybridized carbons (Fsp3) is 0.231. The molecule has 3 rings (SSSR count). The average Bonchev–Trinajstić information content (AvgIpc) is 2.76. The van der Waals surface area contributed by atoms with E-state index in [0.717, 1.165) is 16.7 Å². The number of hydrogen-bond donors (Lipinski definition) is 2. The summed E-state index contributed by atoms with van der Waals surface area (Å²) < 4.78 is 0. The quantitative estimate of drug-likeness (QED) is 0.385. The highest BCUT2D eigenvalue weighted by atomic mass is 35.5. The zero-order valence-electron chi connectivity index (χ0n) is 19.1. The monoisotopic (exact) mass is 483 g/mol. The van der Waals surface area contributed by atoms with Crippen molar-refractivity contribution in [2.45, 2.75) is 20.8 Å². The topological polar surface area (TPSA) is 61.4 Å². The zero-order chi connectivity index (χ0) is 24.1. The Balaban J connectivity index is 1.68. The Kier molecular flexibility index (Phi) is 8.01. The molecule has 0 saturated carbocycles. The number of carbonyl (C=O) groups excluding carboxylic acids is 2. The highest BCUT2D eigenvalue weighted by molar-refractivity contribution is 6.36. The number of nitrogens with one attached hydrogen (secondary N) is 2. The molecule has 0 aromatic heterocycles. The van der Waals surface area contributed by atoms with Crippen LogP contribution in [0.3, 0.4) is 0 Å². The van der Waals surface area contributed by atoms with Gasteiger partial charge < -0.3 is 15.5 Å². The van der Waals surface area contributed by atoms with Crippen LogP contribution in [0.1, 0.15) is 29.8 Å². The minimum atomic E-state index is -0.400. The second kappa shape index (κ2) is 10.7. The molecule has 172 valence electrons. The van der Waals surface area contributed by atoms with Crippen LogP contribution in [0.25, 0.3) is 11.1 Å². The lowest BCUT2D eigenvalue weighted by Crippen LogP contribution is -2.30. The lowest BCUT2D eigenvalue weighted by atomic mass is 10.0. The SMILES string of the molecule is Cc1cc(-c2ccc(C(=O)N(C)CC(C)C)cc2)ccc1NC(=O)Nc1ccc(Cl)cc1Cl. The van der Waals surface area contributed by atoms with Gasteiger partial charge in [-0.2, -0.15) is 0 Å². The van der Waals surface area contributed by atoms with E-state index in [1.807, 2.05) is 56.4 Å².